The van der Waals surface area contributed by atoms with E-state index in [-0.39, 0.29) is 0 Å². The van der Waals surface area contributed by atoms with E-state index >= 15 is 0 Å². The second-order valence-electron chi connectivity index (χ2n) is 7.72. The van der Waals surface area contributed by atoms with Gasteiger partial charge in [0.15, 0.2) is 5.90 Å². The molecule has 0 atom stereocenters. The van der Waals surface area contributed by atoms with Crippen molar-refractivity contribution in [3.63, 3.8) is 0 Å². The van der Waals surface area contributed by atoms with Crippen molar-refractivity contribution >= 4 is 19.7 Å². The van der Waals surface area contributed by atoms with Crippen LogP contribution in [0.1, 0.15) is 38.5 Å². The molecule has 1 saturated carbocycles. The van der Waals surface area contributed by atoms with E-state index in [0.717, 1.165) is 30.5 Å². The van der Waals surface area contributed by atoms with Crippen LogP contribution in [0, 0.1) is 5.92 Å². The smallest absolute Gasteiger partial charge is 0.188 e. The second kappa shape index (κ2) is 8.52. The number of benzene rings is 1. The Balaban J connectivity index is 1.96. The largest absolute Gasteiger partial charge is 0.480 e. The molecule has 122 valence electrons. The first-order valence-electron chi connectivity index (χ1n) is 8.78. The molecule has 0 aromatic heterocycles. The van der Waals surface area contributed by atoms with Crippen molar-refractivity contribution < 1.29 is 4.74 Å². The van der Waals surface area contributed by atoms with Gasteiger partial charge in [-0.3, -0.25) is 0 Å². The Hall–Kier alpha value is -1.09. The molecule has 1 aliphatic rings. The number of aliphatic imine (C=N–C) groups is 1. The predicted molar refractivity (Wildman–Crippen MR) is 98.8 cm³/mol. The monoisotopic (exact) mass is 317 g/mol. The van der Waals surface area contributed by atoms with Crippen LogP contribution in [0.3, 0.4) is 0 Å². The molecule has 2 nitrogen and oxygen atoms in total. The van der Waals surface area contributed by atoms with Gasteiger partial charge < -0.3 is 4.74 Å². The summed E-state index contributed by atoms with van der Waals surface area (Å²) in [6, 6.07) is 11.5. The molecule has 0 spiro atoms. The molecule has 1 aromatic carbocycles. The van der Waals surface area contributed by atoms with Crippen LogP contribution in [-0.2, 0) is 4.74 Å². The van der Waals surface area contributed by atoms with E-state index in [1.165, 1.54) is 38.1 Å². The average Bonchev–Trinajstić information content (AvgIpc) is 2.51. The highest BCUT2D eigenvalue weighted by molar-refractivity contribution is 6.76. The van der Waals surface area contributed by atoms with Gasteiger partial charge in [0, 0.05) is 14.5 Å². The van der Waals surface area contributed by atoms with Crippen molar-refractivity contribution in [3.8, 4) is 0 Å². The summed E-state index contributed by atoms with van der Waals surface area (Å²) in [6.07, 6.45) is 7.77. The van der Waals surface area contributed by atoms with Crippen LogP contribution in [0.25, 0.3) is 0 Å². The summed E-state index contributed by atoms with van der Waals surface area (Å²) in [5.41, 5.74) is 1.01. The zero-order valence-electron chi connectivity index (χ0n) is 14.5. The molecule has 3 heteroatoms. The summed E-state index contributed by atoms with van der Waals surface area (Å²) in [5.74, 6) is 1.68. The maximum Gasteiger partial charge on any atom is 0.188 e. The Labute approximate surface area is 137 Å². The molecular weight excluding hydrogens is 286 g/mol. The van der Waals surface area contributed by atoms with Gasteiger partial charge in [-0.2, -0.15) is 0 Å². The summed E-state index contributed by atoms with van der Waals surface area (Å²) in [5, 5.41) is 0. The van der Waals surface area contributed by atoms with E-state index < -0.39 is 8.07 Å². The van der Waals surface area contributed by atoms with Crippen LogP contribution in [-0.4, -0.2) is 20.6 Å². The van der Waals surface area contributed by atoms with Gasteiger partial charge in [-0.1, -0.05) is 57.1 Å². The Morgan fingerprint density at radius 2 is 1.77 bits per heavy atom. The van der Waals surface area contributed by atoms with Gasteiger partial charge in [0.05, 0.1) is 12.3 Å². The van der Waals surface area contributed by atoms with Gasteiger partial charge in [0.2, 0.25) is 0 Å². The molecule has 2 rings (SSSR count). The molecule has 1 aromatic rings. The third-order valence-corrected chi connectivity index (χ3v) is 6.06. The number of hydrogen-bond donors (Lipinski definition) is 0. The minimum absolute atomic E-state index is 0.738. The molecule has 0 amide bonds. The van der Waals surface area contributed by atoms with Gasteiger partial charge in [-0.05, 0) is 36.9 Å². The molecule has 0 aliphatic heterocycles. The second-order valence-corrected chi connectivity index (χ2v) is 13.3. The van der Waals surface area contributed by atoms with Crippen LogP contribution in [0.15, 0.2) is 35.3 Å². The average molecular weight is 318 g/mol. The minimum atomic E-state index is -1.07. The van der Waals surface area contributed by atoms with Gasteiger partial charge in [-0.15, -0.1) is 0 Å². The minimum Gasteiger partial charge on any atom is -0.480 e. The Morgan fingerprint density at radius 1 is 1.09 bits per heavy atom. The van der Waals surface area contributed by atoms with Crippen molar-refractivity contribution in [2.24, 2.45) is 10.9 Å². The van der Waals surface area contributed by atoms with Crippen LogP contribution < -0.4 is 0 Å². The normalized spacial score (nSPS) is 17.5. The van der Waals surface area contributed by atoms with Gasteiger partial charge in [0.1, 0.15) is 0 Å². The number of rotatable bonds is 6. The molecule has 1 aliphatic carbocycles. The molecule has 22 heavy (non-hydrogen) atoms. The summed E-state index contributed by atoms with van der Waals surface area (Å²) < 4.78 is 6.15. The van der Waals surface area contributed by atoms with E-state index in [1.807, 2.05) is 18.2 Å². The van der Waals surface area contributed by atoms with Crippen molar-refractivity contribution in [2.75, 3.05) is 6.61 Å². The summed E-state index contributed by atoms with van der Waals surface area (Å²) in [4.78, 5) is 4.76. The number of hydrogen-bond acceptors (Lipinski definition) is 2. The lowest BCUT2D eigenvalue weighted by atomic mass is 9.90. The Kier molecular flexibility index (Phi) is 6.68. The summed E-state index contributed by atoms with van der Waals surface area (Å²) in [6.45, 7) is 8.09. The van der Waals surface area contributed by atoms with Crippen LogP contribution in [0.2, 0.25) is 25.7 Å². The fraction of sp³-hybridized carbons (Fsp3) is 0.632. The van der Waals surface area contributed by atoms with E-state index in [4.69, 9.17) is 9.73 Å². The molecule has 0 saturated heterocycles. The van der Waals surface area contributed by atoms with E-state index in [1.54, 1.807) is 0 Å². The zero-order valence-corrected chi connectivity index (χ0v) is 15.5. The molecular formula is C19H31NOSi. The number of para-hydroxylation sites is 1. The quantitative estimate of drug-likeness (QED) is 0.356. The van der Waals surface area contributed by atoms with E-state index in [0.29, 0.717) is 0 Å². The Bertz CT molecular complexity index is 458. The predicted octanol–water partition coefficient (Wildman–Crippen LogP) is 6.04. The van der Waals surface area contributed by atoms with E-state index in [2.05, 4.69) is 31.8 Å². The highest BCUT2D eigenvalue weighted by atomic mass is 28.3. The SMILES string of the molecule is C[Si](C)(C)CCC(=Nc1ccccc1)OCC1CCCCC1. The lowest BCUT2D eigenvalue weighted by molar-refractivity contribution is 0.195. The number of nitrogens with zero attached hydrogens (tertiary/aromatic N) is 1. The zero-order chi connectivity index (χ0) is 15.8. The first-order valence-corrected chi connectivity index (χ1v) is 12.5. The maximum atomic E-state index is 6.15. The fourth-order valence-electron chi connectivity index (χ4n) is 2.86. The first-order chi connectivity index (χ1) is 10.5. The standard InChI is InChI=1S/C19H31NOSi/c1-22(2,3)15-14-19(20-18-12-8-5-9-13-18)21-16-17-10-6-4-7-11-17/h5,8-9,12-13,17H,4,6-7,10-11,14-16H2,1-3H3. The molecule has 0 N–H and O–H groups in total. The maximum absolute atomic E-state index is 6.15. The van der Waals surface area contributed by atoms with Crippen molar-refractivity contribution in [3.05, 3.63) is 30.3 Å². The summed E-state index contributed by atoms with van der Waals surface area (Å²) in [7, 11) is -1.07. The fourth-order valence-corrected chi connectivity index (χ4v) is 3.82. The van der Waals surface area contributed by atoms with Gasteiger partial charge in [-0.25, -0.2) is 4.99 Å². The molecule has 1 fully saturated rings. The van der Waals surface area contributed by atoms with Crippen LogP contribution >= 0.6 is 0 Å². The lowest BCUT2D eigenvalue weighted by Gasteiger charge is -2.23. The highest BCUT2D eigenvalue weighted by Crippen LogP contribution is 2.24. The Morgan fingerprint density at radius 3 is 2.41 bits per heavy atom. The summed E-state index contributed by atoms with van der Waals surface area (Å²) >= 11 is 0. The third-order valence-electron chi connectivity index (χ3n) is 4.31. The molecule has 0 radical (unpaired) electrons. The lowest BCUT2D eigenvalue weighted by Crippen LogP contribution is -2.22. The molecule has 0 bridgehead atoms. The van der Waals surface area contributed by atoms with Crippen molar-refractivity contribution in [2.45, 2.75) is 64.2 Å². The van der Waals surface area contributed by atoms with Gasteiger partial charge >= 0.3 is 0 Å². The highest BCUT2D eigenvalue weighted by Gasteiger charge is 2.18. The van der Waals surface area contributed by atoms with Crippen molar-refractivity contribution in [1.82, 2.24) is 0 Å². The topological polar surface area (TPSA) is 21.6 Å². The first kappa shape index (κ1) is 17.3. The number of ether oxygens (including phenoxy) is 1. The van der Waals surface area contributed by atoms with Crippen molar-refractivity contribution in [1.29, 1.82) is 0 Å². The van der Waals surface area contributed by atoms with E-state index in [9.17, 15) is 0 Å². The van der Waals surface area contributed by atoms with Crippen LogP contribution in [0.4, 0.5) is 5.69 Å². The molecule has 0 unspecified atom stereocenters. The third kappa shape index (κ3) is 6.78. The van der Waals surface area contributed by atoms with Gasteiger partial charge in [0.25, 0.3) is 0 Å². The van der Waals surface area contributed by atoms with Crippen LogP contribution in [0.5, 0.6) is 0 Å². The molecule has 0 heterocycles.